The highest BCUT2D eigenvalue weighted by molar-refractivity contribution is 7.98. The van der Waals surface area contributed by atoms with E-state index in [2.05, 4.69) is 0 Å². The molecule has 3 N–H and O–H groups in total. The fourth-order valence-electron chi connectivity index (χ4n) is 1.36. The molecule has 2 aromatic carbocycles. The topological polar surface area (TPSA) is 46.2 Å². The molecule has 0 saturated carbocycles. The minimum atomic E-state index is -0.388. The van der Waals surface area contributed by atoms with Crippen LogP contribution < -0.4 is 5.73 Å². The van der Waals surface area contributed by atoms with Gasteiger partial charge in [-0.15, -0.1) is 11.8 Å². The lowest BCUT2D eigenvalue weighted by Gasteiger charge is -2.03. The minimum Gasteiger partial charge on any atom is -0.508 e. The maximum atomic E-state index is 13.2. The molecule has 0 aliphatic carbocycles. The molecule has 0 heterocycles. The summed E-state index contributed by atoms with van der Waals surface area (Å²) in [5.74, 6) is 0.585. The molecular weight excluding hydrogens is 237 g/mol. The summed E-state index contributed by atoms with van der Waals surface area (Å²) in [7, 11) is 0. The SMILES string of the molecule is Nc1ccc(SCc2ccc(O)cc2)cc1F. The molecular formula is C13H12FNOS. The van der Waals surface area contributed by atoms with E-state index in [9.17, 15) is 4.39 Å². The van der Waals surface area contributed by atoms with Crippen molar-refractivity contribution in [2.24, 2.45) is 0 Å². The highest BCUT2D eigenvalue weighted by Gasteiger charge is 2.01. The largest absolute Gasteiger partial charge is 0.508 e. The van der Waals surface area contributed by atoms with Crippen molar-refractivity contribution in [1.82, 2.24) is 0 Å². The Bertz CT molecular complexity index is 513. The first-order chi connectivity index (χ1) is 8.15. The number of thioether (sulfide) groups is 1. The Labute approximate surface area is 103 Å². The van der Waals surface area contributed by atoms with Gasteiger partial charge in [0.25, 0.3) is 0 Å². The van der Waals surface area contributed by atoms with Gasteiger partial charge in [-0.2, -0.15) is 0 Å². The number of nitrogens with two attached hydrogens (primary N) is 1. The van der Waals surface area contributed by atoms with E-state index in [0.717, 1.165) is 16.2 Å². The lowest BCUT2D eigenvalue weighted by molar-refractivity contribution is 0.475. The average Bonchev–Trinajstić information content (AvgIpc) is 2.33. The van der Waals surface area contributed by atoms with E-state index >= 15 is 0 Å². The first-order valence-corrected chi connectivity index (χ1v) is 6.09. The second-order valence-corrected chi connectivity index (χ2v) is 4.69. The van der Waals surface area contributed by atoms with E-state index in [0.29, 0.717) is 0 Å². The summed E-state index contributed by atoms with van der Waals surface area (Å²) in [5, 5.41) is 9.14. The van der Waals surface area contributed by atoms with Crippen LogP contribution in [-0.2, 0) is 5.75 Å². The van der Waals surface area contributed by atoms with Crippen LogP contribution in [0.5, 0.6) is 5.75 Å². The zero-order chi connectivity index (χ0) is 12.3. The zero-order valence-electron chi connectivity index (χ0n) is 9.06. The standard InChI is InChI=1S/C13H12FNOS/c14-12-7-11(5-6-13(12)15)17-8-9-1-3-10(16)4-2-9/h1-7,16H,8,15H2. The molecule has 0 saturated heterocycles. The minimum absolute atomic E-state index is 0.166. The van der Waals surface area contributed by atoms with Crippen LogP contribution in [-0.4, -0.2) is 5.11 Å². The first-order valence-electron chi connectivity index (χ1n) is 5.11. The van der Waals surface area contributed by atoms with Crippen molar-refractivity contribution in [3.63, 3.8) is 0 Å². The van der Waals surface area contributed by atoms with Gasteiger partial charge in [-0.05, 0) is 35.9 Å². The first kappa shape index (κ1) is 11.8. The van der Waals surface area contributed by atoms with Crippen LogP contribution in [0.3, 0.4) is 0 Å². The Hall–Kier alpha value is -1.68. The van der Waals surface area contributed by atoms with Crippen LogP contribution in [0.25, 0.3) is 0 Å². The Morgan fingerprint density at radius 3 is 2.47 bits per heavy atom. The maximum Gasteiger partial charge on any atom is 0.147 e. The average molecular weight is 249 g/mol. The number of aromatic hydroxyl groups is 1. The monoisotopic (exact) mass is 249 g/mol. The third kappa shape index (κ3) is 3.14. The highest BCUT2D eigenvalue weighted by Crippen LogP contribution is 2.25. The number of hydrogen-bond donors (Lipinski definition) is 2. The van der Waals surface area contributed by atoms with Crippen molar-refractivity contribution in [2.75, 3.05) is 5.73 Å². The van der Waals surface area contributed by atoms with E-state index in [4.69, 9.17) is 10.8 Å². The van der Waals surface area contributed by atoms with E-state index < -0.39 is 0 Å². The van der Waals surface area contributed by atoms with Gasteiger partial charge in [0.15, 0.2) is 0 Å². The molecule has 0 bridgehead atoms. The number of hydrogen-bond acceptors (Lipinski definition) is 3. The lowest BCUT2D eigenvalue weighted by Crippen LogP contribution is -1.89. The summed E-state index contributed by atoms with van der Waals surface area (Å²) in [6, 6.07) is 11.8. The van der Waals surface area contributed by atoms with Crippen molar-refractivity contribution in [2.45, 2.75) is 10.6 Å². The Morgan fingerprint density at radius 2 is 1.82 bits per heavy atom. The van der Waals surface area contributed by atoms with Gasteiger partial charge in [-0.25, -0.2) is 4.39 Å². The molecule has 2 aromatic rings. The molecule has 17 heavy (non-hydrogen) atoms. The number of phenols is 1. The summed E-state index contributed by atoms with van der Waals surface area (Å²) < 4.78 is 13.2. The third-order valence-electron chi connectivity index (χ3n) is 2.31. The molecule has 0 spiro atoms. The number of phenolic OH excluding ortho intramolecular Hbond substituents is 1. The summed E-state index contributed by atoms with van der Waals surface area (Å²) in [4.78, 5) is 0.838. The third-order valence-corrected chi connectivity index (χ3v) is 3.38. The number of anilines is 1. The second-order valence-electron chi connectivity index (χ2n) is 3.64. The van der Waals surface area contributed by atoms with Gasteiger partial charge in [-0.3, -0.25) is 0 Å². The molecule has 0 aliphatic heterocycles. The van der Waals surface area contributed by atoms with Gasteiger partial charge in [-0.1, -0.05) is 12.1 Å². The highest BCUT2D eigenvalue weighted by atomic mass is 32.2. The zero-order valence-corrected chi connectivity index (χ0v) is 9.88. The number of rotatable bonds is 3. The molecule has 0 aromatic heterocycles. The molecule has 88 valence electrons. The fourth-order valence-corrected chi connectivity index (χ4v) is 2.23. The Kier molecular flexibility index (Phi) is 3.54. The predicted molar refractivity (Wildman–Crippen MR) is 68.5 cm³/mol. The molecule has 4 heteroatoms. The Balaban J connectivity index is 2.02. The molecule has 0 amide bonds. The molecule has 2 nitrogen and oxygen atoms in total. The molecule has 2 rings (SSSR count). The summed E-state index contributed by atoms with van der Waals surface area (Å²) >= 11 is 1.53. The van der Waals surface area contributed by atoms with Gasteiger partial charge in [0, 0.05) is 10.6 Å². The van der Waals surface area contributed by atoms with Crippen LogP contribution in [0.1, 0.15) is 5.56 Å². The smallest absolute Gasteiger partial charge is 0.147 e. The van der Waals surface area contributed by atoms with Crippen molar-refractivity contribution >= 4 is 17.4 Å². The summed E-state index contributed by atoms with van der Waals surface area (Å²) in [5.41, 5.74) is 6.64. The normalized spacial score (nSPS) is 10.4. The molecule has 0 radical (unpaired) electrons. The molecule has 0 fully saturated rings. The maximum absolute atomic E-state index is 13.2. The lowest BCUT2D eigenvalue weighted by atomic mass is 10.2. The van der Waals surface area contributed by atoms with Crippen molar-refractivity contribution < 1.29 is 9.50 Å². The predicted octanol–water partition coefficient (Wildman–Crippen LogP) is 3.41. The number of nitrogen functional groups attached to an aromatic ring is 1. The van der Waals surface area contributed by atoms with E-state index in [1.165, 1.54) is 17.8 Å². The van der Waals surface area contributed by atoms with Gasteiger partial charge in [0.2, 0.25) is 0 Å². The number of benzene rings is 2. The fraction of sp³-hybridized carbons (Fsp3) is 0.0769. The van der Waals surface area contributed by atoms with E-state index in [-0.39, 0.29) is 17.3 Å². The van der Waals surface area contributed by atoms with Crippen molar-refractivity contribution in [3.8, 4) is 5.75 Å². The quantitative estimate of drug-likeness (QED) is 0.647. The Morgan fingerprint density at radius 1 is 1.12 bits per heavy atom. The van der Waals surface area contributed by atoms with E-state index in [1.807, 2.05) is 12.1 Å². The van der Waals surface area contributed by atoms with Crippen LogP contribution in [0.2, 0.25) is 0 Å². The summed E-state index contributed by atoms with van der Waals surface area (Å²) in [6.45, 7) is 0. The van der Waals surface area contributed by atoms with Gasteiger partial charge in [0.1, 0.15) is 11.6 Å². The van der Waals surface area contributed by atoms with Crippen LogP contribution in [0.4, 0.5) is 10.1 Å². The van der Waals surface area contributed by atoms with Gasteiger partial charge < -0.3 is 10.8 Å². The van der Waals surface area contributed by atoms with E-state index in [1.54, 1.807) is 24.3 Å². The van der Waals surface area contributed by atoms with Crippen LogP contribution in [0, 0.1) is 5.82 Å². The molecule has 0 aliphatic rings. The van der Waals surface area contributed by atoms with Crippen LogP contribution in [0.15, 0.2) is 47.4 Å². The number of halogens is 1. The summed E-state index contributed by atoms with van der Waals surface area (Å²) in [6.07, 6.45) is 0. The van der Waals surface area contributed by atoms with Gasteiger partial charge in [0.05, 0.1) is 5.69 Å². The van der Waals surface area contributed by atoms with Crippen molar-refractivity contribution in [3.05, 3.63) is 53.8 Å². The van der Waals surface area contributed by atoms with Gasteiger partial charge >= 0.3 is 0 Å². The van der Waals surface area contributed by atoms with Crippen LogP contribution >= 0.6 is 11.8 Å². The van der Waals surface area contributed by atoms with Crippen molar-refractivity contribution in [1.29, 1.82) is 0 Å². The molecule has 0 unspecified atom stereocenters. The molecule has 0 atom stereocenters. The second kappa shape index (κ2) is 5.10.